The van der Waals surface area contributed by atoms with Crippen LogP contribution in [0.25, 0.3) is 0 Å². The molecule has 0 saturated heterocycles. The molecule has 0 bridgehead atoms. The lowest BCUT2D eigenvalue weighted by Crippen LogP contribution is -2.29. The van der Waals surface area contributed by atoms with Gasteiger partial charge in [0.1, 0.15) is 17.3 Å². The van der Waals surface area contributed by atoms with Crippen molar-refractivity contribution in [2.75, 3.05) is 0 Å². The zero-order valence-corrected chi connectivity index (χ0v) is 12.2. The van der Waals surface area contributed by atoms with Gasteiger partial charge in [-0.2, -0.15) is 0 Å². The number of hydrogen-bond acceptors (Lipinski definition) is 3. The highest BCUT2D eigenvalue weighted by molar-refractivity contribution is 9.10. The van der Waals surface area contributed by atoms with Gasteiger partial charge in [0.15, 0.2) is 0 Å². The summed E-state index contributed by atoms with van der Waals surface area (Å²) in [7, 11) is 0. The highest BCUT2D eigenvalue weighted by Crippen LogP contribution is 2.26. The predicted octanol–water partition coefficient (Wildman–Crippen LogP) is 3.49. The first-order valence-corrected chi connectivity index (χ1v) is 6.92. The molecule has 1 heterocycles. The minimum atomic E-state index is -0.276. The van der Waals surface area contributed by atoms with Gasteiger partial charge in [-0.3, -0.25) is 5.84 Å². The summed E-state index contributed by atoms with van der Waals surface area (Å²) in [6, 6.07) is 8.61. The summed E-state index contributed by atoms with van der Waals surface area (Å²) in [5, 5.41) is 0. The van der Waals surface area contributed by atoms with Crippen molar-refractivity contribution in [1.29, 1.82) is 0 Å². The molecule has 2 rings (SSSR count). The summed E-state index contributed by atoms with van der Waals surface area (Å²) in [6.45, 7) is 2.02. The zero-order chi connectivity index (χ0) is 13.8. The van der Waals surface area contributed by atoms with Crippen LogP contribution >= 0.6 is 15.9 Å². The Hall–Kier alpha value is -1.17. The monoisotopic (exact) mass is 326 g/mol. The lowest BCUT2D eigenvalue weighted by Gasteiger charge is -2.14. The third-order valence-corrected chi connectivity index (χ3v) is 3.92. The Bertz CT molecular complexity index is 556. The molecule has 1 atom stereocenters. The number of furan rings is 1. The van der Waals surface area contributed by atoms with Crippen LogP contribution in [-0.4, -0.2) is 0 Å². The topological polar surface area (TPSA) is 51.2 Å². The van der Waals surface area contributed by atoms with Gasteiger partial charge in [0, 0.05) is 6.42 Å². The van der Waals surface area contributed by atoms with Crippen LogP contribution < -0.4 is 11.3 Å². The largest absolute Gasteiger partial charge is 0.464 e. The molecule has 3 nitrogen and oxygen atoms in total. The lowest BCUT2D eigenvalue weighted by atomic mass is 10.0. The fourth-order valence-electron chi connectivity index (χ4n) is 1.94. The maximum absolute atomic E-state index is 13.5. The third-order valence-electron chi connectivity index (χ3n) is 3.03. The molecular formula is C14H16BrFN2O. The van der Waals surface area contributed by atoms with Crippen molar-refractivity contribution in [2.24, 2.45) is 5.84 Å². The van der Waals surface area contributed by atoms with Gasteiger partial charge in [-0.15, -0.1) is 0 Å². The Morgan fingerprint density at radius 3 is 2.79 bits per heavy atom. The van der Waals surface area contributed by atoms with E-state index in [9.17, 15) is 4.39 Å². The summed E-state index contributed by atoms with van der Waals surface area (Å²) < 4.78 is 19.6. The van der Waals surface area contributed by atoms with Crippen LogP contribution in [0.5, 0.6) is 0 Å². The van der Waals surface area contributed by atoms with Crippen LogP contribution in [0.4, 0.5) is 4.39 Å². The van der Waals surface area contributed by atoms with Gasteiger partial charge in [-0.1, -0.05) is 19.1 Å². The number of aryl methyl sites for hydroxylation is 1. The molecule has 3 N–H and O–H groups in total. The Morgan fingerprint density at radius 2 is 2.16 bits per heavy atom. The number of nitrogens with one attached hydrogen (secondary N) is 1. The summed E-state index contributed by atoms with van der Waals surface area (Å²) in [5.41, 5.74) is 3.56. The molecule has 0 aliphatic rings. The quantitative estimate of drug-likeness (QED) is 0.653. The molecule has 0 amide bonds. The molecule has 0 spiro atoms. The van der Waals surface area contributed by atoms with Gasteiger partial charge in [-0.05, 0) is 46.1 Å². The first kappa shape index (κ1) is 14.2. The number of nitrogens with two attached hydrogens (primary N) is 1. The SMILES string of the molecule is CCc1ccc(C(Cc2cccc(F)c2Br)NN)o1. The molecule has 1 aromatic carbocycles. The fourth-order valence-corrected chi connectivity index (χ4v) is 2.37. The van der Waals surface area contributed by atoms with Crippen molar-refractivity contribution in [2.45, 2.75) is 25.8 Å². The molecule has 19 heavy (non-hydrogen) atoms. The van der Waals surface area contributed by atoms with E-state index in [1.165, 1.54) is 6.07 Å². The molecule has 1 aromatic heterocycles. The lowest BCUT2D eigenvalue weighted by molar-refractivity contribution is 0.395. The van der Waals surface area contributed by atoms with Crippen molar-refractivity contribution in [3.8, 4) is 0 Å². The smallest absolute Gasteiger partial charge is 0.137 e. The zero-order valence-electron chi connectivity index (χ0n) is 10.6. The maximum Gasteiger partial charge on any atom is 0.137 e. The number of benzene rings is 1. The van der Waals surface area contributed by atoms with Gasteiger partial charge in [0.2, 0.25) is 0 Å². The van der Waals surface area contributed by atoms with E-state index >= 15 is 0 Å². The van der Waals surface area contributed by atoms with Crippen LogP contribution in [0, 0.1) is 5.82 Å². The molecule has 0 saturated carbocycles. The minimum Gasteiger partial charge on any atom is -0.464 e. The first-order chi connectivity index (χ1) is 9.15. The Kier molecular flexibility index (Phi) is 4.74. The van der Waals surface area contributed by atoms with Crippen LogP contribution in [0.1, 0.15) is 30.0 Å². The second-order valence-electron chi connectivity index (χ2n) is 4.29. The normalized spacial score (nSPS) is 12.6. The molecule has 102 valence electrons. The van der Waals surface area contributed by atoms with E-state index in [0.29, 0.717) is 10.9 Å². The van der Waals surface area contributed by atoms with Gasteiger partial charge in [-0.25, -0.2) is 9.82 Å². The Morgan fingerprint density at radius 1 is 1.37 bits per heavy atom. The highest BCUT2D eigenvalue weighted by atomic mass is 79.9. The van der Waals surface area contributed by atoms with Crippen molar-refractivity contribution >= 4 is 15.9 Å². The van der Waals surface area contributed by atoms with Crippen molar-refractivity contribution in [3.63, 3.8) is 0 Å². The minimum absolute atomic E-state index is 0.182. The fraction of sp³-hybridized carbons (Fsp3) is 0.286. The average molecular weight is 327 g/mol. The van der Waals surface area contributed by atoms with E-state index < -0.39 is 0 Å². The van der Waals surface area contributed by atoms with E-state index in [0.717, 1.165) is 23.5 Å². The average Bonchev–Trinajstić information content (AvgIpc) is 2.89. The van der Waals surface area contributed by atoms with E-state index in [2.05, 4.69) is 21.4 Å². The predicted molar refractivity (Wildman–Crippen MR) is 76.0 cm³/mol. The van der Waals surface area contributed by atoms with Crippen LogP contribution in [0.15, 0.2) is 39.2 Å². The maximum atomic E-state index is 13.5. The van der Waals surface area contributed by atoms with Gasteiger partial charge in [0.05, 0.1) is 10.5 Å². The number of rotatable bonds is 5. The standard InChI is InChI=1S/C14H16BrFN2O/c1-2-10-6-7-13(19-10)12(18-17)8-9-4-3-5-11(16)14(9)15/h3-7,12,18H,2,8,17H2,1H3. The van der Waals surface area contributed by atoms with Crippen molar-refractivity contribution in [1.82, 2.24) is 5.43 Å². The molecular weight excluding hydrogens is 311 g/mol. The van der Waals surface area contributed by atoms with Crippen LogP contribution in [0.2, 0.25) is 0 Å². The number of hydrazine groups is 1. The molecule has 0 radical (unpaired) electrons. The number of halogens is 2. The molecule has 0 fully saturated rings. The summed E-state index contributed by atoms with van der Waals surface area (Å²) >= 11 is 3.26. The molecule has 0 aliphatic carbocycles. The first-order valence-electron chi connectivity index (χ1n) is 6.13. The van der Waals surface area contributed by atoms with Crippen molar-refractivity contribution in [3.05, 3.63) is 57.7 Å². The Labute approximate surface area is 120 Å². The number of hydrogen-bond donors (Lipinski definition) is 2. The molecule has 0 aliphatic heterocycles. The van der Waals surface area contributed by atoms with Crippen molar-refractivity contribution < 1.29 is 8.81 Å². The Balaban J connectivity index is 2.21. The van der Waals surface area contributed by atoms with Gasteiger partial charge < -0.3 is 4.42 Å². The van der Waals surface area contributed by atoms with Gasteiger partial charge >= 0.3 is 0 Å². The summed E-state index contributed by atoms with van der Waals surface area (Å²) in [6.07, 6.45) is 1.38. The van der Waals surface area contributed by atoms with E-state index in [4.69, 9.17) is 10.3 Å². The summed E-state index contributed by atoms with van der Waals surface area (Å²) in [5.74, 6) is 6.97. The van der Waals surface area contributed by atoms with Gasteiger partial charge in [0.25, 0.3) is 0 Å². The summed E-state index contributed by atoms with van der Waals surface area (Å²) in [4.78, 5) is 0. The van der Waals surface area contributed by atoms with E-state index in [1.54, 1.807) is 6.07 Å². The van der Waals surface area contributed by atoms with Crippen LogP contribution in [0.3, 0.4) is 0 Å². The molecule has 1 unspecified atom stereocenters. The van der Waals surface area contributed by atoms with E-state index in [1.807, 2.05) is 25.1 Å². The highest BCUT2D eigenvalue weighted by Gasteiger charge is 2.17. The van der Waals surface area contributed by atoms with Crippen LogP contribution in [-0.2, 0) is 12.8 Å². The third kappa shape index (κ3) is 3.23. The van der Waals surface area contributed by atoms with E-state index in [-0.39, 0.29) is 11.9 Å². The molecule has 5 heteroatoms. The second kappa shape index (κ2) is 6.32. The second-order valence-corrected chi connectivity index (χ2v) is 5.09. The molecule has 2 aromatic rings.